The average Bonchev–Trinajstić information content (AvgIpc) is 2.54. The molecule has 2 amide bonds. The van der Waals surface area contributed by atoms with Crippen molar-refractivity contribution in [1.82, 2.24) is 14.8 Å². The molecule has 0 radical (unpaired) electrons. The Labute approximate surface area is 113 Å². The lowest BCUT2D eigenvalue weighted by molar-refractivity contribution is -0.133. The Morgan fingerprint density at radius 3 is 2.84 bits per heavy atom. The summed E-state index contributed by atoms with van der Waals surface area (Å²) < 4.78 is 0. The van der Waals surface area contributed by atoms with Gasteiger partial charge >= 0.3 is 0 Å². The summed E-state index contributed by atoms with van der Waals surface area (Å²) in [5, 5.41) is 0. The largest absolute Gasteiger partial charge is 0.344 e. The normalized spacial score (nSPS) is 20.3. The smallest absolute Gasteiger partial charge is 0.227 e. The van der Waals surface area contributed by atoms with Crippen LogP contribution in [0.25, 0.3) is 0 Å². The number of hydrogen-bond donors (Lipinski definition) is 0. The molecule has 19 heavy (non-hydrogen) atoms. The first kappa shape index (κ1) is 13.5. The first-order valence-electron chi connectivity index (χ1n) is 6.48. The van der Waals surface area contributed by atoms with Gasteiger partial charge in [-0.3, -0.25) is 14.6 Å². The number of likely N-dealkylation sites (N-methyl/N-ethyl adjacent to an activating group) is 1. The van der Waals surface area contributed by atoms with E-state index < -0.39 is 0 Å². The van der Waals surface area contributed by atoms with E-state index >= 15 is 0 Å². The number of carbonyl (C=O) groups is 2. The van der Waals surface area contributed by atoms with Crippen LogP contribution in [0.4, 0.5) is 0 Å². The molecule has 0 N–H and O–H groups in total. The quantitative estimate of drug-likeness (QED) is 0.781. The van der Waals surface area contributed by atoms with E-state index in [2.05, 4.69) is 4.98 Å². The standard InChI is InChI=1S/C14H19N3O2/c1-11(18)17-8-7-16(2)14(19)12(10-17)9-13-5-3-4-6-15-13/h3-6,12H,7-10H2,1-2H3/t12-/m1/s1. The summed E-state index contributed by atoms with van der Waals surface area (Å²) in [4.78, 5) is 31.5. The van der Waals surface area contributed by atoms with Gasteiger partial charge in [0.25, 0.3) is 0 Å². The van der Waals surface area contributed by atoms with E-state index in [0.717, 1.165) is 5.69 Å². The summed E-state index contributed by atoms with van der Waals surface area (Å²) in [5.41, 5.74) is 0.889. The fourth-order valence-corrected chi connectivity index (χ4v) is 2.34. The monoisotopic (exact) mass is 261 g/mol. The van der Waals surface area contributed by atoms with Crippen molar-refractivity contribution in [3.63, 3.8) is 0 Å². The van der Waals surface area contributed by atoms with Crippen LogP contribution in [-0.2, 0) is 16.0 Å². The first-order chi connectivity index (χ1) is 9.08. The Balaban J connectivity index is 2.14. The van der Waals surface area contributed by atoms with Gasteiger partial charge in [-0.1, -0.05) is 6.07 Å². The third-order valence-corrected chi connectivity index (χ3v) is 3.50. The number of amides is 2. The molecule has 0 unspecified atom stereocenters. The van der Waals surface area contributed by atoms with Crippen molar-refractivity contribution in [2.24, 2.45) is 5.92 Å². The summed E-state index contributed by atoms with van der Waals surface area (Å²) >= 11 is 0. The van der Waals surface area contributed by atoms with Crippen molar-refractivity contribution in [3.05, 3.63) is 30.1 Å². The molecule has 1 aromatic rings. The van der Waals surface area contributed by atoms with Crippen LogP contribution < -0.4 is 0 Å². The lowest BCUT2D eigenvalue weighted by atomic mass is 10.0. The van der Waals surface area contributed by atoms with E-state index in [-0.39, 0.29) is 17.7 Å². The number of pyridine rings is 1. The molecule has 0 aliphatic carbocycles. The minimum Gasteiger partial charge on any atom is -0.344 e. The minimum atomic E-state index is -0.203. The second kappa shape index (κ2) is 5.82. The Morgan fingerprint density at radius 1 is 1.42 bits per heavy atom. The van der Waals surface area contributed by atoms with Crippen LogP contribution in [0.1, 0.15) is 12.6 Å². The topological polar surface area (TPSA) is 53.5 Å². The molecule has 5 nitrogen and oxygen atoms in total. The van der Waals surface area contributed by atoms with Crippen molar-refractivity contribution in [1.29, 1.82) is 0 Å². The van der Waals surface area contributed by atoms with Crippen LogP contribution in [0, 0.1) is 5.92 Å². The SMILES string of the molecule is CC(=O)N1CCN(C)C(=O)[C@H](Cc2ccccn2)C1. The highest BCUT2D eigenvalue weighted by Crippen LogP contribution is 2.15. The van der Waals surface area contributed by atoms with E-state index in [9.17, 15) is 9.59 Å². The molecule has 1 fully saturated rings. The molecule has 0 spiro atoms. The fraction of sp³-hybridized carbons (Fsp3) is 0.500. The minimum absolute atomic E-state index is 0.0223. The van der Waals surface area contributed by atoms with Crippen molar-refractivity contribution in [2.75, 3.05) is 26.7 Å². The number of rotatable bonds is 2. The van der Waals surface area contributed by atoms with Gasteiger partial charge in [0.05, 0.1) is 5.92 Å². The molecule has 0 saturated carbocycles. The van der Waals surface area contributed by atoms with Gasteiger partial charge in [-0.25, -0.2) is 0 Å². The van der Waals surface area contributed by atoms with Crippen molar-refractivity contribution in [3.8, 4) is 0 Å². The summed E-state index contributed by atoms with van der Waals surface area (Å²) in [6, 6.07) is 5.68. The Kier molecular flexibility index (Phi) is 4.14. The highest BCUT2D eigenvalue weighted by atomic mass is 16.2. The van der Waals surface area contributed by atoms with Gasteiger partial charge in [0.2, 0.25) is 11.8 Å². The van der Waals surface area contributed by atoms with Gasteiger partial charge < -0.3 is 9.80 Å². The van der Waals surface area contributed by atoms with Crippen molar-refractivity contribution < 1.29 is 9.59 Å². The number of aromatic nitrogens is 1. The Bertz CT molecular complexity index is 461. The lowest BCUT2D eigenvalue weighted by Crippen LogP contribution is -2.36. The molecule has 2 heterocycles. The molecule has 1 aromatic heterocycles. The second-order valence-electron chi connectivity index (χ2n) is 4.95. The Hall–Kier alpha value is -1.91. The van der Waals surface area contributed by atoms with Crippen LogP contribution in [0.5, 0.6) is 0 Å². The number of nitrogens with zero attached hydrogens (tertiary/aromatic N) is 3. The zero-order chi connectivity index (χ0) is 13.8. The molecule has 1 saturated heterocycles. The lowest BCUT2D eigenvalue weighted by Gasteiger charge is -2.21. The predicted octanol–water partition coefficient (Wildman–Crippen LogP) is 0.561. The summed E-state index contributed by atoms with van der Waals surface area (Å²) in [7, 11) is 1.79. The van der Waals surface area contributed by atoms with Gasteiger partial charge in [-0.2, -0.15) is 0 Å². The van der Waals surface area contributed by atoms with Gasteiger partial charge in [0.15, 0.2) is 0 Å². The Morgan fingerprint density at radius 2 is 2.21 bits per heavy atom. The second-order valence-corrected chi connectivity index (χ2v) is 4.95. The third kappa shape index (κ3) is 3.30. The molecule has 0 aromatic carbocycles. The average molecular weight is 261 g/mol. The molecular weight excluding hydrogens is 242 g/mol. The maximum atomic E-state index is 12.3. The highest BCUT2D eigenvalue weighted by Gasteiger charge is 2.29. The molecule has 0 bridgehead atoms. The van der Waals surface area contributed by atoms with E-state index in [1.165, 1.54) is 0 Å². The van der Waals surface area contributed by atoms with Crippen LogP contribution in [0.15, 0.2) is 24.4 Å². The predicted molar refractivity (Wildman–Crippen MR) is 71.3 cm³/mol. The fourth-order valence-electron chi connectivity index (χ4n) is 2.34. The molecule has 102 valence electrons. The van der Waals surface area contributed by atoms with Gasteiger partial charge in [0.1, 0.15) is 0 Å². The molecule has 1 aliphatic heterocycles. The maximum absolute atomic E-state index is 12.3. The van der Waals surface area contributed by atoms with Gasteiger partial charge in [-0.05, 0) is 12.1 Å². The molecule has 1 aliphatic rings. The summed E-state index contributed by atoms with van der Waals surface area (Å²) in [6.45, 7) is 3.23. The highest BCUT2D eigenvalue weighted by molar-refractivity contribution is 5.81. The van der Waals surface area contributed by atoms with Gasteiger partial charge in [-0.15, -0.1) is 0 Å². The first-order valence-corrected chi connectivity index (χ1v) is 6.48. The zero-order valence-electron chi connectivity index (χ0n) is 11.4. The number of hydrogen-bond acceptors (Lipinski definition) is 3. The van der Waals surface area contributed by atoms with E-state index in [4.69, 9.17) is 0 Å². The van der Waals surface area contributed by atoms with E-state index in [1.807, 2.05) is 18.2 Å². The van der Waals surface area contributed by atoms with Crippen LogP contribution in [-0.4, -0.2) is 53.3 Å². The molecule has 2 rings (SSSR count). The van der Waals surface area contributed by atoms with Crippen LogP contribution in [0.2, 0.25) is 0 Å². The molecular formula is C14H19N3O2. The van der Waals surface area contributed by atoms with E-state index in [1.54, 1.807) is 30.0 Å². The molecule has 5 heteroatoms. The third-order valence-electron chi connectivity index (χ3n) is 3.50. The maximum Gasteiger partial charge on any atom is 0.227 e. The number of carbonyl (C=O) groups excluding carboxylic acids is 2. The van der Waals surface area contributed by atoms with Crippen molar-refractivity contribution >= 4 is 11.8 Å². The van der Waals surface area contributed by atoms with Gasteiger partial charge in [0, 0.05) is 51.9 Å². The van der Waals surface area contributed by atoms with Crippen LogP contribution in [0.3, 0.4) is 0 Å². The van der Waals surface area contributed by atoms with Crippen LogP contribution >= 0.6 is 0 Å². The molecule has 1 atom stereocenters. The summed E-state index contributed by atoms with van der Waals surface area (Å²) in [6.07, 6.45) is 2.30. The van der Waals surface area contributed by atoms with Crippen molar-refractivity contribution in [2.45, 2.75) is 13.3 Å². The zero-order valence-corrected chi connectivity index (χ0v) is 11.4. The van der Waals surface area contributed by atoms with E-state index in [0.29, 0.717) is 26.1 Å². The summed E-state index contributed by atoms with van der Waals surface area (Å²) in [5.74, 6) is -0.0881.